The van der Waals surface area contributed by atoms with Crippen LogP contribution in [0.1, 0.15) is 30.3 Å². The molecule has 0 spiro atoms. The molecule has 0 aromatic carbocycles. The summed E-state index contributed by atoms with van der Waals surface area (Å²) < 4.78 is 38.4. The fourth-order valence-corrected chi connectivity index (χ4v) is 2.50. The first-order valence-electron chi connectivity index (χ1n) is 5.77. The van der Waals surface area contributed by atoms with Gasteiger partial charge in [0.25, 0.3) is 0 Å². The smallest absolute Gasteiger partial charge is 0.349 e. The van der Waals surface area contributed by atoms with Crippen LogP contribution in [0.25, 0.3) is 5.57 Å². The minimum atomic E-state index is -4.54. The Hall–Kier alpha value is -1.74. The van der Waals surface area contributed by atoms with Gasteiger partial charge in [-0.15, -0.1) is 0 Å². The molecule has 104 valence electrons. The molecule has 1 aromatic rings. The highest BCUT2D eigenvalue weighted by molar-refractivity contribution is 9.10. The average molecular weight is 343 g/mol. The first-order valence-corrected chi connectivity index (χ1v) is 6.57. The number of hydrogen-bond donors (Lipinski definition) is 1. The van der Waals surface area contributed by atoms with Crippen LogP contribution >= 0.6 is 15.9 Å². The van der Waals surface area contributed by atoms with Gasteiger partial charge in [0.1, 0.15) is 11.8 Å². The quantitative estimate of drug-likeness (QED) is 0.769. The van der Waals surface area contributed by atoms with Crippen LogP contribution in [0, 0.1) is 11.3 Å². The summed E-state index contributed by atoms with van der Waals surface area (Å²) in [7, 11) is 0. The van der Waals surface area contributed by atoms with E-state index in [1.54, 1.807) is 12.2 Å². The predicted octanol–water partition coefficient (Wildman–Crippen LogP) is 4.96. The number of hydrogen-bond acceptors (Lipinski definition) is 1. The van der Waals surface area contributed by atoms with Crippen LogP contribution in [-0.4, -0.2) is 4.98 Å². The number of nitrogens with zero attached hydrogens (tertiary/aromatic N) is 1. The maximum atomic E-state index is 12.9. The van der Waals surface area contributed by atoms with E-state index in [4.69, 9.17) is 5.26 Å². The molecular formula is C14H10BrF3N2. The number of aromatic amines is 1. The van der Waals surface area contributed by atoms with E-state index in [1.165, 1.54) is 0 Å². The fraction of sp³-hybridized carbons (Fsp3) is 0.214. The zero-order valence-electron chi connectivity index (χ0n) is 10.5. The summed E-state index contributed by atoms with van der Waals surface area (Å²) in [6, 6.07) is 1.81. The number of H-pyrrole nitrogens is 1. The highest BCUT2D eigenvalue weighted by Crippen LogP contribution is 2.39. The van der Waals surface area contributed by atoms with Crippen molar-refractivity contribution in [1.29, 1.82) is 5.26 Å². The summed E-state index contributed by atoms with van der Waals surface area (Å²) in [5.74, 6) is 0. The van der Waals surface area contributed by atoms with E-state index >= 15 is 0 Å². The standard InChI is InChI=1S/C14H10BrF3N2/c1-8-3-2-4-9(6-5-8)12-10(7-19)11(15)13(20-12)14(16,17)18/h2,4-6,20H,3H2,1H3. The molecule has 0 fully saturated rings. The third kappa shape index (κ3) is 2.73. The van der Waals surface area contributed by atoms with Gasteiger partial charge in [-0.1, -0.05) is 29.9 Å². The van der Waals surface area contributed by atoms with Crippen LogP contribution in [0.4, 0.5) is 13.2 Å². The van der Waals surface area contributed by atoms with Crippen molar-refractivity contribution >= 4 is 21.5 Å². The lowest BCUT2D eigenvalue weighted by Crippen LogP contribution is -2.06. The Morgan fingerprint density at radius 3 is 2.65 bits per heavy atom. The van der Waals surface area contributed by atoms with Gasteiger partial charge in [-0.25, -0.2) is 0 Å². The minimum Gasteiger partial charge on any atom is -0.349 e. The molecule has 0 aliphatic heterocycles. The zero-order chi connectivity index (χ0) is 14.9. The Bertz CT molecular complexity index is 670. The van der Waals surface area contributed by atoms with Gasteiger partial charge in [-0.2, -0.15) is 18.4 Å². The number of alkyl halides is 3. The summed E-state index contributed by atoms with van der Waals surface area (Å²) in [6.45, 7) is 1.93. The lowest BCUT2D eigenvalue weighted by Gasteiger charge is -2.03. The second-order valence-electron chi connectivity index (χ2n) is 4.42. The first-order chi connectivity index (χ1) is 9.34. The van der Waals surface area contributed by atoms with Crippen molar-refractivity contribution < 1.29 is 13.2 Å². The van der Waals surface area contributed by atoms with E-state index in [2.05, 4.69) is 20.9 Å². The number of aromatic nitrogens is 1. The summed E-state index contributed by atoms with van der Waals surface area (Å²) in [6.07, 6.45) is 3.30. The molecule has 2 nitrogen and oxygen atoms in total. The molecule has 0 saturated carbocycles. The third-order valence-corrected chi connectivity index (χ3v) is 3.70. The van der Waals surface area contributed by atoms with Crippen LogP contribution in [0.15, 0.2) is 34.3 Å². The first kappa shape index (κ1) is 14.7. The average Bonchev–Trinajstić information content (AvgIpc) is 2.54. The molecule has 0 bridgehead atoms. The van der Waals surface area contributed by atoms with Gasteiger partial charge >= 0.3 is 6.18 Å². The third-order valence-electron chi connectivity index (χ3n) is 2.91. The fourth-order valence-electron chi connectivity index (χ4n) is 1.89. The van der Waals surface area contributed by atoms with Gasteiger partial charge in [0, 0.05) is 0 Å². The Labute approximate surface area is 122 Å². The van der Waals surface area contributed by atoms with E-state index < -0.39 is 11.9 Å². The topological polar surface area (TPSA) is 39.6 Å². The van der Waals surface area contributed by atoms with Crippen LogP contribution in [0.5, 0.6) is 0 Å². The molecule has 1 N–H and O–H groups in total. The molecule has 0 saturated heterocycles. The zero-order valence-corrected chi connectivity index (χ0v) is 12.1. The van der Waals surface area contributed by atoms with Crippen LogP contribution in [0.2, 0.25) is 0 Å². The molecule has 0 atom stereocenters. The Balaban J connectivity index is 2.62. The molecule has 0 radical (unpaired) electrons. The van der Waals surface area contributed by atoms with Gasteiger partial charge in [0.05, 0.1) is 15.7 Å². The van der Waals surface area contributed by atoms with Crippen molar-refractivity contribution in [2.75, 3.05) is 0 Å². The Morgan fingerprint density at radius 2 is 2.05 bits per heavy atom. The molecule has 0 unspecified atom stereocenters. The van der Waals surface area contributed by atoms with Crippen LogP contribution in [-0.2, 0) is 6.18 Å². The van der Waals surface area contributed by atoms with Crippen LogP contribution in [0.3, 0.4) is 0 Å². The Morgan fingerprint density at radius 1 is 1.35 bits per heavy atom. The number of rotatable bonds is 1. The SMILES string of the molecule is CC1=CC=C(c2[nH]c(C(F)(F)F)c(Br)c2C#N)C=CC1. The van der Waals surface area contributed by atoms with Crippen molar-refractivity contribution in [3.05, 3.63) is 51.3 Å². The van der Waals surface area contributed by atoms with E-state index in [1.807, 2.05) is 25.1 Å². The van der Waals surface area contributed by atoms with E-state index in [0.717, 1.165) is 12.0 Å². The van der Waals surface area contributed by atoms with Gasteiger partial charge in [-0.05, 0) is 34.8 Å². The molecule has 0 amide bonds. The maximum Gasteiger partial charge on any atom is 0.432 e. The molecule has 1 aliphatic rings. The van der Waals surface area contributed by atoms with Crippen LogP contribution < -0.4 is 0 Å². The summed E-state index contributed by atoms with van der Waals surface area (Å²) in [4.78, 5) is 2.31. The van der Waals surface area contributed by atoms with Crippen molar-refractivity contribution in [2.24, 2.45) is 0 Å². The lowest BCUT2D eigenvalue weighted by atomic mass is 10.1. The van der Waals surface area contributed by atoms with Crippen molar-refractivity contribution in [3.8, 4) is 6.07 Å². The second kappa shape index (κ2) is 5.33. The van der Waals surface area contributed by atoms with E-state index in [-0.39, 0.29) is 15.7 Å². The summed E-state index contributed by atoms with van der Waals surface area (Å²) in [5.41, 5.74) is 0.837. The van der Waals surface area contributed by atoms with E-state index in [0.29, 0.717) is 5.57 Å². The number of nitrogens with one attached hydrogen (secondary N) is 1. The van der Waals surface area contributed by atoms with Gasteiger partial charge in [0.15, 0.2) is 0 Å². The minimum absolute atomic E-state index is 0.0406. The highest BCUT2D eigenvalue weighted by atomic mass is 79.9. The van der Waals surface area contributed by atoms with Gasteiger partial charge in [0.2, 0.25) is 0 Å². The predicted molar refractivity (Wildman–Crippen MR) is 73.7 cm³/mol. The number of allylic oxidation sites excluding steroid dienone is 6. The summed E-state index contributed by atoms with van der Waals surface area (Å²) in [5, 5.41) is 9.10. The molecule has 1 aromatic heterocycles. The second-order valence-corrected chi connectivity index (χ2v) is 5.21. The lowest BCUT2D eigenvalue weighted by molar-refractivity contribution is -0.141. The number of halogens is 4. The molecule has 1 heterocycles. The van der Waals surface area contributed by atoms with Crippen molar-refractivity contribution in [2.45, 2.75) is 19.5 Å². The molecule has 2 rings (SSSR count). The van der Waals surface area contributed by atoms with Crippen molar-refractivity contribution in [3.63, 3.8) is 0 Å². The normalized spacial score (nSPS) is 15.4. The van der Waals surface area contributed by atoms with Crippen molar-refractivity contribution in [1.82, 2.24) is 4.98 Å². The maximum absolute atomic E-state index is 12.9. The largest absolute Gasteiger partial charge is 0.432 e. The molecular weight excluding hydrogens is 333 g/mol. The highest BCUT2D eigenvalue weighted by Gasteiger charge is 2.37. The summed E-state index contributed by atoms with van der Waals surface area (Å²) >= 11 is 2.86. The van der Waals surface area contributed by atoms with E-state index in [9.17, 15) is 13.2 Å². The molecule has 6 heteroatoms. The molecule has 1 aliphatic carbocycles. The number of nitriles is 1. The monoisotopic (exact) mass is 342 g/mol. The van der Waals surface area contributed by atoms with Gasteiger partial charge in [-0.3, -0.25) is 0 Å². The van der Waals surface area contributed by atoms with Gasteiger partial charge < -0.3 is 4.98 Å². The molecule has 20 heavy (non-hydrogen) atoms. The Kier molecular flexibility index (Phi) is 3.91.